The van der Waals surface area contributed by atoms with Crippen LogP contribution in [0.4, 0.5) is 0 Å². The monoisotopic (exact) mass is 272 g/mol. The molecule has 2 fully saturated rings. The molecule has 2 nitrogen and oxygen atoms in total. The standard InChI is InChI=1S/C18H28N2/c1-15-12-19-18(11-16-7-3-2-4-8-16)14-20(15)13-17-9-5-6-10-17/h2-4,7-8,15,17-19H,5-6,9-14H2,1H3. The summed E-state index contributed by atoms with van der Waals surface area (Å²) in [6.45, 7) is 6.06. The number of hydrogen-bond donors (Lipinski definition) is 1. The van der Waals surface area contributed by atoms with E-state index in [4.69, 9.17) is 0 Å². The number of rotatable bonds is 4. The molecule has 1 saturated heterocycles. The molecule has 1 N–H and O–H groups in total. The molecule has 1 heterocycles. The van der Waals surface area contributed by atoms with Crippen LogP contribution in [-0.4, -0.2) is 36.6 Å². The van der Waals surface area contributed by atoms with E-state index in [1.807, 2.05) is 0 Å². The van der Waals surface area contributed by atoms with Crippen molar-refractivity contribution in [1.82, 2.24) is 10.2 Å². The molecule has 0 amide bonds. The summed E-state index contributed by atoms with van der Waals surface area (Å²) >= 11 is 0. The summed E-state index contributed by atoms with van der Waals surface area (Å²) in [5.74, 6) is 0.966. The van der Waals surface area contributed by atoms with E-state index in [0.29, 0.717) is 12.1 Å². The Labute approximate surface area is 123 Å². The molecule has 0 bridgehead atoms. The molecule has 1 aromatic carbocycles. The third-order valence-corrected chi connectivity index (χ3v) is 5.07. The molecule has 0 radical (unpaired) electrons. The van der Waals surface area contributed by atoms with E-state index in [0.717, 1.165) is 18.9 Å². The van der Waals surface area contributed by atoms with Crippen molar-refractivity contribution in [3.63, 3.8) is 0 Å². The predicted octanol–water partition coefficient (Wildman–Crippen LogP) is 3.08. The van der Waals surface area contributed by atoms with Gasteiger partial charge < -0.3 is 5.32 Å². The fourth-order valence-corrected chi connectivity index (χ4v) is 3.81. The van der Waals surface area contributed by atoms with Gasteiger partial charge in [0.1, 0.15) is 0 Å². The molecule has 2 atom stereocenters. The molecule has 20 heavy (non-hydrogen) atoms. The minimum atomic E-state index is 0.620. The van der Waals surface area contributed by atoms with Crippen LogP contribution in [0.15, 0.2) is 30.3 Å². The molecule has 0 aromatic heterocycles. The van der Waals surface area contributed by atoms with E-state index in [9.17, 15) is 0 Å². The maximum Gasteiger partial charge on any atom is 0.0236 e. The van der Waals surface area contributed by atoms with Gasteiger partial charge in [-0.25, -0.2) is 0 Å². The van der Waals surface area contributed by atoms with E-state index in [1.54, 1.807) is 0 Å². The molecule has 2 aliphatic rings. The van der Waals surface area contributed by atoms with Crippen LogP contribution in [0.5, 0.6) is 0 Å². The molecule has 110 valence electrons. The molecule has 1 saturated carbocycles. The molecule has 1 aliphatic carbocycles. The van der Waals surface area contributed by atoms with Crippen LogP contribution in [0, 0.1) is 5.92 Å². The molecule has 3 rings (SSSR count). The van der Waals surface area contributed by atoms with Gasteiger partial charge in [0.25, 0.3) is 0 Å². The Kier molecular flexibility index (Phi) is 4.74. The predicted molar refractivity (Wildman–Crippen MR) is 84.9 cm³/mol. The first-order chi connectivity index (χ1) is 9.81. The van der Waals surface area contributed by atoms with Gasteiger partial charge >= 0.3 is 0 Å². The van der Waals surface area contributed by atoms with Crippen molar-refractivity contribution in [3.8, 4) is 0 Å². The summed E-state index contributed by atoms with van der Waals surface area (Å²) in [7, 11) is 0. The quantitative estimate of drug-likeness (QED) is 0.906. The average Bonchev–Trinajstić information content (AvgIpc) is 2.97. The minimum absolute atomic E-state index is 0.620. The van der Waals surface area contributed by atoms with E-state index in [1.165, 1.54) is 44.3 Å². The maximum absolute atomic E-state index is 3.73. The van der Waals surface area contributed by atoms with Gasteiger partial charge in [-0.15, -0.1) is 0 Å². The summed E-state index contributed by atoms with van der Waals surface area (Å²) in [5.41, 5.74) is 1.46. The van der Waals surface area contributed by atoms with Crippen LogP contribution >= 0.6 is 0 Å². The lowest BCUT2D eigenvalue weighted by Gasteiger charge is -2.40. The summed E-state index contributed by atoms with van der Waals surface area (Å²) in [5, 5.41) is 3.73. The maximum atomic E-state index is 3.73. The first kappa shape index (κ1) is 14.1. The number of benzene rings is 1. The molecular formula is C18H28N2. The topological polar surface area (TPSA) is 15.3 Å². The second kappa shape index (κ2) is 6.73. The Morgan fingerprint density at radius 2 is 1.90 bits per heavy atom. The Bertz CT molecular complexity index is 397. The smallest absolute Gasteiger partial charge is 0.0236 e. The Morgan fingerprint density at radius 3 is 2.65 bits per heavy atom. The molecule has 2 heteroatoms. The zero-order valence-electron chi connectivity index (χ0n) is 12.7. The van der Waals surface area contributed by atoms with Gasteiger partial charge in [-0.1, -0.05) is 43.2 Å². The van der Waals surface area contributed by atoms with Crippen LogP contribution in [0.25, 0.3) is 0 Å². The normalized spacial score (nSPS) is 28.9. The lowest BCUT2D eigenvalue weighted by molar-refractivity contribution is 0.120. The van der Waals surface area contributed by atoms with Crippen molar-refractivity contribution in [2.24, 2.45) is 5.92 Å². The summed E-state index contributed by atoms with van der Waals surface area (Å²) in [6.07, 6.45) is 6.99. The van der Waals surface area contributed by atoms with Gasteiger partial charge in [0, 0.05) is 31.7 Å². The number of nitrogens with one attached hydrogen (secondary N) is 1. The SMILES string of the molecule is CC1CNC(Cc2ccccc2)CN1CC1CCCC1. The Balaban J connectivity index is 1.55. The third-order valence-electron chi connectivity index (χ3n) is 5.07. The molecule has 1 aromatic rings. The zero-order chi connectivity index (χ0) is 13.8. The fourth-order valence-electron chi connectivity index (χ4n) is 3.81. The molecule has 2 unspecified atom stereocenters. The van der Waals surface area contributed by atoms with Crippen molar-refractivity contribution in [2.45, 2.75) is 51.1 Å². The van der Waals surface area contributed by atoms with E-state index >= 15 is 0 Å². The highest BCUT2D eigenvalue weighted by atomic mass is 15.2. The van der Waals surface area contributed by atoms with Gasteiger partial charge in [0.2, 0.25) is 0 Å². The van der Waals surface area contributed by atoms with Crippen molar-refractivity contribution < 1.29 is 0 Å². The number of piperazine rings is 1. The third kappa shape index (κ3) is 3.62. The van der Waals surface area contributed by atoms with Crippen molar-refractivity contribution in [2.75, 3.05) is 19.6 Å². The lowest BCUT2D eigenvalue weighted by atomic mass is 10.00. The molecule has 0 spiro atoms. The van der Waals surface area contributed by atoms with Crippen molar-refractivity contribution >= 4 is 0 Å². The van der Waals surface area contributed by atoms with Crippen LogP contribution in [0.1, 0.15) is 38.2 Å². The van der Waals surface area contributed by atoms with Crippen LogP contribution < -0.4 is 5.32 Å². The van der Waals surface area contributed by atoms with Crippen LogP contribution in [0.2, 0.25) is 0 Å². The average molecular weight is 272 g/mol. The van der Waals surface area contributed by atoms with Crippen molar-refractivity contribution in [3.05, 3.63) is 35.9 Å². The largest absolute Gasteiger partial charge is 0.311 e. The second-order valence-electron chi connectivity index (χ2n) is 6.75. The minimum Gasteiger partial charge on any atom is -0.311 e. The fraction of sp³-hybridized carbons (Fsp3) is 0.667. The summed E-state index contributed by atoms with van der Waals surface area (Å²) in [6, 6.07) is 12.2. The van der Waals surface area contributed by atoms with E-state index in [2.05, 4.69) is 47.5 Å². The Morgan fingerprint density at radius 1 is 1.15 bits per heavy atom. The van der Waals surface area contributed by atoms with Gasteiger partial charge in [-0.05, 0) is 37.7 Å². The van der Waals surface area contributed by atoms with Gasteiger partial charge in [-0.3, -0.25) is 4.90 Å². The molecule has 1 aliphatic heterocycles. The first-order valence-electron chi connectivity index (χ1n) is 8.32. The lowest BCUT2D eigenvalue weighted by Crippen LogP contribution is -2.56. The van der Waals surface area contributed by atoms with Crippen LogP contribution in [-0.2, 0) is 6.42 Å². The summed E-state index contributed by atoms with van der Waals surface area (Å²) in [4.78, 5) is 2.74. The molecular weight excluding hydrogens is 244 g/mol. The highest BCUT2D eigenvalue weighted by molar-refractivity contribution is 5.16. The highest BCUT2D eigenvalue weighted by Crippen LogP contribution is 2.26. The van der Waals surface area contributed by atoms with Gasteiger partial charge in [-0.2, -0.15) is 0 Å². The number of hydrogen-bond acceptors (Lipinski definition) is 2. The second-order valence-corrected chi connectivity index (χ2v) is 6.75. The first-order valence-corrected chi connectivity index (χ1v) is 8.32. The Hall–Kier alpha value is -0.860. The van der Waals surface area contributed by atoms with Gasteiger partial charge in [0.15, 0.2) is 0 Å². The van der Waals surface area contributed by atoms with E-state index in [-0.39, 0.29) is 0 Å². The van der Waals surface area contributed by atoms with Crippen molar-refractivity contribution in [1.29, 1.82) is 0 Å². The van der Waals surface area contributed by atoms with E-state index < -0.39 is 0 Å². The highest BCUT2D eigenvalue weighted by Gasteiger charge is 2.27. The van der Waals surface area contributed by atoms with Gasteiger partial charge in [0.05, 0.1) is 0 Å². The summed E-state index contributed by atoms with van der Waals surface area (Å²) < 4.78 is 0. The zero-order valence-corrected chi connectivity index (χ0v) is 12.7. The number of nitrogens with zero attached hydrogens (tertiary/aromatic N) is 1. The van der Waals surface area contributed by atoms with Crippen LogP contribution in [0.3, 0.4) is 0 Å².